The Bertz CT molecular complexity index is 1400. The van der Waals surface area contributed by atoms with Crippen molar-refractivity contribution in [3.8, 4) is 5.69 Å². The Morgan fingerprint density at radius 2 is 1.56 bits per heavy atom. The molecule has 1 aromatic heterocycles. The van der Waals surface area contributed by atoms with Crippen molar-refractivity contribution in [1.82, 2.24) is 8.87 Å². The monoisotopic (exact) mass is 442 g/mol. The van der Waals surface area contributed by atoms with Gasteiger partial charge in [-0.15, -0.1) is 0 Å². The summed E-state index contributed by atoms with van der Waals surface area (Å²) in [5, 5.41) is 0. The Balaban J connectivity index is 1.77. The number of fused-ring (bicyclic) bond motifs is 3. The highest BCUT2D eigenvalue weighted by Crippen LogP contribution is 2.40. The van der Waals surface area contributed by atoms with Crippen molar-refractivity contribution in [2.24, 2.45) is 0 Å². The van der Waals surface area contributed by atoms with Crippen LogP contribution in [-0.4, -0.2) is 17.3 Å². The van der Waals surface area contributed by atoms with Crippen LogP contribution in [0.3, 0.4) is 0 Å². The fourth-order valence-corrected chi connectivity index (χ4v) is 6.09. The van der Waals surface area contributed by atoms with Crippen LogP contribution in [0.15, 0.2) is 90.0 Å². The standard InChI is InChI=1S/C27H26N2O2S/c1-19-10-13-22(14-11-19)27-26-9-6-16-28(26)25-8-5-4-7-23(25)18-29(27)32(30,31)24-15-12-20(2)21(3)17-24/h4-17,27H,18H2,1-3H3. The number of rotatable bonds is 3. The van der Waals surface area contributed by atoms with Crippen molar-refractivity contribution >= 4 is 10.0 Å². The normalized spacial score (nSPS) is 16.3. The first-order valence-corrected chi connectivity index (χ1v) is 12.2. The molecule has 0 radical (unpaired) electrons. The summed E-state index contributed by atoms with van der Waals surface area (Å²) in [7, 11) is -3.78. The third-order valence-electron chi connectivity index (χ3n) is 6.40. The maximum absolute atomic E-state index is 14.1. The molecule has 0 saturated heterocycles. The van der Waals surface area contributed by atoms with Gasteiger partial charge in [-0.05, 0) is 73.4 Å². The lowest BCUT2D eigenvalue weighted by atomic mass is 10.0. The molecule has 2 heterocycles. The van der Waals surface area contributed by atoms with E-state index >= 15 is 0 Å². The van der Waals surface area contributed by atoms with Crippen LogP contribution in [0.25, 0.3) is 5.69 Å². The molecule has 32 heavy (non-hydrogen) atoms. The molecule has 0 spiro atoms. The summed E-state index contributed by atoms with van der Waals surface area (Å²) in [4.78, 5) is 0.329. The van der Waals surface area contributed by atoms with Crippen LogP contribution in [-0.2, 0) is 16.6 Å². The van der Waals surface area contributed by atoms with Gasteiger partial charge in [-0.2, -0.15) is 4.31 Å². The molecular formula is C27H26N2O2S. The molecule has 1 unspecified atom stereocenters. The van der Waals surface area contributed by atoms with Gasteiger partial charge in [0.15, 0.2) is 0 Å². The zero-order chi connectivity index (χ0) is 22.5. The minimum absolute atomic E-state index is 0.297. The zero-order valence-electron chi connectivity index (χ0n) is 18.5. The van der Waals surface area contributed by atoms with E-state index in [-0.39, 0.29) is 0 Å². The van der Waals surface area contributed by atoms with Crippen molar-refractivity contribution in [3.05, 3.63) is 119 Å². The van der Waals surface area contributed by atoms with E-state index < -0.39 is 16.1 Å². The van der Waals surface area contributed by atoms with Crippen LogP contribution in [0, 0.1) is 20.8 Å². The second-order valence-electron chi connectivity index (χ2n) is 8.54. The largest absolute Gasteiger partial charge is 0.319 e. The van der Waals surface area contributed by atoms with E-state index in [9.17, 15) is 8.42 Å². The van der Waals surface area contributed by atoms with Crippen molar-refractivity contribution in [1.29, 1.82) is 0 Å². The lowest BCUT2D eigenvalue weighted by Gasteiger charge is -2.30. The van der Waals surface area contributed by atoms with E-state index in [0.717, 1.165) is 39.2 Å². The van der Waals surface area contributed by atoms with Crippen LogP contribution in [0.2, 0.25) is 0 Å². The molecule has 1 aliphatic rings. The first-order valence-electron chi connectivity index (χ1n) is 10.8. The summed E-state index contributed by atoms with van der Waals surface area (Å²) in [6.07, 6.45) is 2.02. The van der Waals surface area contributed by atoms with Gasteiger partial charge in [0.2, 0.25) is 10.0 Å². The predicted octanol–water partition coefficient (Wildman–Crippen LogP) is 5.70. The summed E-state index contributed by atoms with van der Waals surface area (Å²) >= 11 is 0. The van der Waals surface area contributed by atoms with Crippen molar-refractivity contribution < 1.29 is 8.42 Å². The molecule has 4 aromatic rings. The molecule has 0 N–H and O–H groups in total. The molecule has 0 amide bonds. The molecule has 0 bridgehead atoms. The number of aromatic nitrogens is 1. The van der Waals surface area contributed by atoms with Crippen molar-refractivity contribution in [3.63, 3.8) is 0 Å². The third kappa shape index (κ3) is 3.38. The lowest BCUT2D eigenvalue weighted by molar-refractivity contribution is 0.353. The Kier molecular flexibility index (Phi) is 5.03. The van der Waals surface area contributed by atoms with Gasteiger partial charge >= 0.3 is 0 Å². The summed E-state index contributed by atoms with van der Waals surface area (Å²) in [6.45, 7) is 6.29. The average Bonchev–Trinajstić information content (AvgIpc) is 3.20. The highest BCUT2D eigenvalue weighted by Gasteiger charge is 2.38. The van der Waals surface area contributed by atoms with Gasteiger partial charge < -0.3 is 4.57 Å². The van der Waals surface area contributed by atoms with E-state index in [1.165, 1.54) is 0 Å². The number of benzene rings is 3. The molecule has 0 aliphatic carbocycles. The summed E-state index contributed by atoms with van der Waals surface area (Å²) in [6, 6.07) is 25.2. The second kappa shape index (κ2) is 7.76. The minimum atomic E-state index is -3.78. The van der Waals surface area contributed by atoms with Crippen LogP contribution in [0.5, 0.6) is 0 Å². The van der Waals surface area contributed by atoms with Crippen LogP contribution in [0.1, 0.15) is 39.6 Å². The second-order valence-corrected chi connectivity index (χ2v) is 10.4. The summed E-state index contributed by atoms with van der Waals surface area (Å²) in [5.41, 5.74) is 7.08. The Morgan fingerprint density at radius 3 is 2.31 bits per heavy atom. The Hall–Kier alpha value is -3.15. The van der Waals surface area contributed by atoms with Crippen molar-refractivity contribution in [2.45, 2.75) is 38.3 Å². The molecule has 3 aromatic carbocycles. The van der Waals surface area contributed by atoms with E-state index in [0.29, 0.717) is 11.4 Å². The zero-order valence-corrected chi connectivity index (χ0v) is 19.3. The number of hydrogen-bond donors (Lipinski definition) is 0. The fourth-order valence-electron chi connectivity index (χ4n) is 4.44. The van der Waals surface area contributed by atoms with Gasteiger partial charge in [-0.25, -0.2) is 8.42 Å². The van der Waals surface area contributed by atoms with E-state index in [2.05, 4.69) is 10.6 Å². The van der Waals surface area contributed by atoms with Crippen LogP contribution >= 0.6 is 0 Å². The van der Waals surface area contributed by atoms with E-state index in [1.54, 1.807) is 16.4 Å². The molecular weight excluding hydrogens is 416 g/mol. The van der Waals surface area contributed by atoms with E-state index in [1.807, 2.05) is 87.6 Å². The summed E-state index contributed by atoms with van der Waals surface area (Å²) < 4.78 is 32.0. The fraction of sp³-hybridized carbons (Fsp3) is 0.185. The molecule has 4 nitrogen and oxygen atoms in total. The molecule has 162 valence electrons. The smallest absolute Gasteiger partial charge is 0.244 e. The van der Waals surface area contributed by atoms with Crippen molar-refractivity contribution in [2.75, 3.05) is 0 Å². The number of hydrogen-bond acceptors (Lipinski definition) is 2. The third-order valence-corrected chi connectivity index (χ3v) is 8.21. The van der Waals surface area contributed by atoms with Gasteiger partial charge in [-0.3, -0.25) is 0 Å². The predicted molar refractivity (Wildman–Crippen MR) is 127 cm³/mol. The topological polar surface area (TPSA) is 42.3 Å². The first kappa shape index (κ1) is 20.7. The Labute approximate surface area is 189 Å². The number of sulfonamides is 1. The van der Waals surface area contributed by atoms with Gasteiger partial charge in [0.05, 0.1) is 10.9 Å². The molecule has 0 saturated carbocycles. The number of nitrogens with zero attached hydrogens (tertiary/aromatic N) is 2. The van der Waals surface area contributed by atoms with Gasteiger partial charge in [0.25, 0.3) is 0 Å². The molecule has 1 aliphatic heterocycles. The molecule has 1 atom stereocenters. The van der Waals surface area contributed by atoms with Crippen LogP contribution in [0.4, 0.5) is 0 Å². The maximum Gasteiger partial charge on any atom is 0.244 e. The summed E-state index contributed by atoms with van der Waals surface area (Å²) in [5.74, 6) is 0. The van der Waals surface area contributed by atoms with Gasteiger partial charge in [0, 0.05) is 24.1 Å². The average molecular weight is 443 g/mol. The molecule has 0 fully saturated rings. The molecule has 5 rings (SSSR count). The number of aryl methyl sites for hydroxylation is 3. The number of para-hydroxylation sites is 1. The van der Waals surface area contributed by atoms with Crippen LogP contribution < -0.4 is 0 Å². The SMILES string of the molecule is Cc1ccc(C2c3cccn3-c3ccccc3CN2S(=O)(=O)c2ccc(C)c(C)c2)cc1. The highest BCUT2D eigenvalue weighted by molar-refractivity contribution is 7.89. The highest BCUT2D eigenvalue weighted by atomic mass is 32.2. The first-order chi connectivity index (χ1) is 15.4. The minimum Gasteiger partial charge on any atom is -0.319 e. The molecule has 5 heteroatoms. The van der Waals surface area contributed by atoms with Gasteiger partial charge in [0.1, 0.15) is 0 Å². The quantitative estimate of drug-likeness (QED) is 0.409. The maximum atomic E-state index is 14.1. The Morgan fingerprint density at radius 1 is 0.812 bits per heavy atom. The van der Waals surface area contributed by atoms with E-state index in [4.69, 9.17) is 0 Å². The lowest BCUT2D eigenvalue weighted by Crippen LogP contribution is -2.34. The van der Waals surface area contributed by atoms with Gasteiger partial charge in [-0.1, -0.05) is 54.1 Å².